The Morgan fingerprint density at radius 1 is 1.29 bits per heavy atom. The number of carbonyl (C=O) groups is 1. The molecule has 2 aromatic rings. The molecule has 0 unspecified atom stereocenters. The largest absolute Gasteiger partial charge is 0.440 e. The molecule has 206 valence electrons. The number of para-hydroxylation sites is 1. The number of halogens is 1. The molecule has 8 nitrogen and oxygen atoms in total. The standard InChI is InChI=1S/C28H38FN5O3S/c1-18(17-30)32-26(35)22-16-19(29)10-11-20(22)24-25(37-27(33-24)28(2,3)4)21-8-6-7-9-23(21)34-12-14-38(36,31-5)15-13-34/h6-9,18-20,22H,10-16H2,1-5H3,(H,32,35)/t18-,19-,20+,22+/m0/s1. The molecule has 4 atom stereocenters. The zero-order valence-electron chi connectivity index (χ0n) is 22.9. The van der Waals surface area contributed by atoms with E-state index in [9.17, 15) is 18.7 Å². The van der Waals surface area contributed by atoms with E-state index in [0.717, 1.165) is 11.3 Å². The number of nitrogens with zero attached hydrogens (tertiary/aromatic N) is 4. The summed E-state index contributed by atoms with van der Waals surface area (Å²) in [5, 5.41) is 11.9. The van der Waals surface area contributed by atoms with Crippen LogP contribution in [0.4, 0.5) is 10.1 Å². The molecule has 1 N–H and O–H groups in total. The molecular formula is C28H38FN5O3S. The lowest BCUT2D eigenvalue weighted by molar-refractivity contribution is -0.127. The molecule has 2 heterocycles. The minimum absolute atomic E-state index is 0.0778. The molecule has 1 saturated heterocycles. The molecule has 1 amide bonds. The van der Waals surface area contributed by atoms with Gasteiger partial charge in [0.15, 0.2) is 5.76 Å². The average molecular weight is 544 g/mol. The van der Waals surface area contributed by atoms with Gasteiger partial charge in [0.2, 0.25) is 11.8 Å². The van der Waals surface area contributed by atoms with Crippen molar-refractivity contribution in [1.29, 1.82) is 5.26 Å². The van der Waals surface area contributed by atoms with Crippen LogP contribution in [-0.2, 0) is 19.9 Å². The van der Waals surface area contributed by atoms with E-state index in [1.165, 1.54) is 0 Å². The van der Waals surface area contributed by atoms with E-state index in [1.54, 1.807) is 14.0 Å². The first-order valence-corrected chi connectivity index (χ1v) is 15.1. The highest BCUT2D eigenvalue weighted by atomic mass is 32.2. The fraction of sp³-hybridized carbons (Fsp3) is 0.607. The number of hydrogen-bond donors (Lipinski definition) is 1. The molecule has 0 spiro atoms. The van der Waals surface area contributed by atoms with Crippen LogP contribution in [0.1, 0.15) is 64.5 Å². The topological polar surface area (TPSA) is 112 Å². The number of nitrogens with one attached hydrogen (secondary N) is 1. The van der Waals surface area contributed by atoms with Crippen molar-refractivity contribution >= 4 is 21.3 Å². The second kappa shape index (κ2) is 11.0. The van der Waals surface area contributed by atoms with Crippen LogP contribution in [0.3, 0.4) is 0 Å². The second-order valence-electron chi connectivity index (χ2n) is 11.3. The lowest BCUT2D eigenvalue weighted by Crippen LogP contribution is -2.42. The van der Waals surface area contributed by atoms with Crippen LogP contribution < -0.4 is 10.2 Å². The summed E-state index contributed by atoms with van der Waals surface area (Å²) in [6, 6.07) is 9.25. The number of alkyl halides is 1. The molecular weight excluding hydrogens is 505 g/mol. The Morgan fingerprint density at radius 3 is 2.61 bits per heavy atom. The Hall–Kier alpha value is -2.93. The molecule has 38 heavy (non-hydrogen) atoms. The van der Waals surface area contributed by atoms with E-state index in [4.69, 9.17) is 9.40 Å². The van der Waals surface area contributed by atoms with Gasteiger partial charge < -0.3 is 14.6 Å². The SMILES string of the molecule is CN=S1(=O)CCN(c2ccccc2-c2oc(C(C)(C)C)nc2[C@@H]2CC[C@H](F)C[C@H]2C(=O)N[C@@H](C)C#N)CC1. The number of rotatable bonds is 5. The van der Waals surface area contributed by atoms with E-state index >= 15 is 0 Å². The Kier molecular flexibility index (Phi) is 8.17. The minimum Gasteiger partial charge on any atom is -0.440 e. The quantitative estimate of drug-likeness (QED) is 0.580. The van der Waals surface area contributed by atoms with Crippen molar-refractivity contribution in [3.05, 3.63) is 35.9 Å². The number of anilines is 1. The lowest BCUT2D eigenvalue weighted by atomic mass is 9.75. The number of carbonyl (C=O) groups excluding carboxylic acids is 1. The molecule has 0 radical (unpaired) electrons. The first-order chi connectivity index (χ1) is 18.0. The number of hydrogen-bond acceptors (Lipinski definition) is 7. The summed E-state index contributed by atoms with van der Waals surface area (Å²) in [6.07, 6.45) is -0.220. The normalized spacial score (nSPS) is 24.3. The minimum atomic E-state index is -2.18. The van der Waals surface area contributed by atoms with Gasteiger partial charge >= 0.3 is 0 Å². The maximum absolute atomic E-state index is 14.6. The van der Waals surface area contributed by atoms with Crippen LogP contribution in [0.25, 0.3) is 11.3 Å². The monoisotopic (exact) mass is 543 g/mol. The third-order valence-corrected chi connectivity index (χ3v) is 9.81. The molecule has 2 fully saturated rings. The van der Waals surface area contributed by atoms with Crippen molar-refractivity contribution in [3.63, 3.8) is 0 Å². The highest BCUT2D eigenvalue weighted by Gasteiger charge is 2.41. The Labute approximate surface area is 225 Å². The van der Waals surface area contributed by atoms with Crippen LogP contribution in [0, 0.1) is 17.2 Å². The molecule has 1 aliphatic carbocycles. The highest BCUT2D eigenvalue weighted by molar-refractivity contribution is 7.93. The summed E-state index contributed by atoms with van der Waals surface area (Å²) in [5.41, 5.74) is 2.06. The summed E-state index contributed by atoms with van der Waals surface area (Å²) in [5.74, 6) is 0.780. The van der Waals surface area contributed by atoms with E-state index < -0.39 is 27.9 Å². The molecule has 1 aromatic carbocycles. The Morgan fingerprint density at radius 2 is 1.97 bits per heavy atom. The number of nitriles is 1. The molecule has 1 aliphatic heterocycles. The number of benzene rings is 1. The highest BCUT2D eigenvalue weighted by Crippen LogP contribution is 2.46. The maximum Gasteiger partial charge on any atom is 0.224 e. The van der Waals surface area contributed by atoms with Gasteiger partial charge in [0, 0.05) is 69.9 Å². The predicted octanol–water partition coefficient (Wildman–Crippen LogP) is 4.81. The third kappa shape index (κ3) is 5.88. The van der Waals surface area contributed by atoms with Gasteiger partial charge in [-0.05, 0) is 38.3 Å². The first kappa shape index (κ1) is 28.1. The van der Waals surface area contributed by atoms with E-state index in [-0.39, 0.29) is 23.7 Å². The molecule has 0 bridgehead atoms. The van der Waals surface area contributed by atoms with Crippen molar-refractivity contribution in [3.8, 4) is 17.4 Å². The van der Waals surface area contributed by atoms with Gasteiger partial charge in [-0.2, -0.15) is 5.26 Å². The summed E-state index contributed by atoms with van der Waals surface area (Å²) >= 11 is 0. The number of oxazole rings is 1. The fourth-order valence-electron chi connectivity index (χ4n) is 5.27. The van der Waals surface area contributed by atoms with Crippen LogP contribution in [0.15, 0.2) is 33.0 Å². The zero-order chi connectivity index (χ0) is 27.7. The summed E-state index contributed by atoms with van der Waals surface area (Å²) in [4.78, 5) is 20.4. The fourth-order valence-corrected chi connectivity index (χ4v) is 6.85. The smallest absolute Gasteiger partial charge is 0.224 e. The van der Waals surface area contributed by atoms with Crippen molar-refractivity contribution in [2.24, 2.45) is 10.3 Å². The van der Waals surface area contributed by atoms with Gasteiger partial charge in [0.05, 0.1) is 11.8 Å². The summed E-state index contributed by atoms with van der Waals surface area (Å²) in [6.45, 7) is 8.88. The van der Waals surface area contributed by atoms with E-state index in [0.29, 0.717) is 54.8 Å². The third-order valence-electron chi connectivity index (χ3n) is 7.50. The van der Waals surface area contributed by atoms with Gasteiger partial charge in [-0.15, -0.1) is 0 Å². The Balaban J connectivity index is 1.79. The Bertz CT molecular complexity index is 1320. The van der Waals surface area contributed by atoms with Crippen molar-refractivity contribution in [1.82, 2.24) is 10.3 Å². The van der Waals surface area contributed by atoms with Crippen LogP contribution >= 0.6 is 0 Å². The second-order valence-corrected chi connectivity index (χ2v) is 14.1. The van der Waals surface area contributed by atoms with Crippen LogP contribution in [0.2, 0.25) is 0 Å². The number of aromatic nitrogens is 1. The first-order valence-electron chi connectivity index (χ1n) is 13.3. The summed E-state index contributed by atoms with van der Waals surface area (Å²) < 4.78 is 38.0. The van der Waals surface area contributed by atoms with Crippen molar-refractivity contribution in [2.75, 3.05) is 36.5 Å². The van der Waals surface area contributed by atoms with Crippen molar-refractivity contribution < 1.29 is 17.8 Å². The molecule has 1 aromatic heterocycles. The lowest BCUT2D eigenvalue weighted by Gasteiger charge is -2.33. The zero-order valence-corrected chi connectivity index (χ0v) is 23.7. The summed E-state index contributed by atoms with van der Waals surface area (Å²) in [7, 11) is -0.555. The van der Waals surface area contributed by atoms with Gasteiger partial charge in [-0.1, -0.05) is 32.9 Å². The molecule has 1 saturated carbocycles. The molecule has 2 aliphatic rings. The number of amides is 1. The van der Waals surface area contributed by atoms with E-state index in [2.05, 4.69) is 14.6 Å². The van der Waals surface area contributed by atoms with Crippen LogP contribution in [0.5, 0.6) is 0 Å². The van der Waals surface area contributed by atoms with Gasteiger partial charge in [0.1, 0.15) is 12.2 Å². The average Bonchev–Trinajstić information content (AvgIpc) is 3.35. The van der Waals surface area contributed by atoms with Crippen molar-refractivity contribution in [2.45, 2.75) is 70.5 Å². The predicted molar refractivity (Wildman–Crippen MR) is 147 cm³/mol. The van der Waals surface area contributed by atoms with E-state index in [1.807, 2.05) is 51.1 Å². The van der Waals surface area contributed by atoms with Gasteiger partial charge in [-0.25, -0.2) is 17.9 Å². The van der Waals surface area contributed by atoms with Crippen LogP contribution in [-0.4, -0.2) is 59.0 Å². The maximum atomic E-state index is 14.6. The molecule has 4 rings (SSSR count). The van der Waals surface area contributed by atoms with Gasteiger partial charge in [0.25, 0.3) is 0 Å². The van der Waals surface area contributed by atoms with Gasteiger partial charge in [-0.3, -0.25) is 4.79 Å². The molecule has 10 heteroatoms.